The lowest BCUT2D eigenvalue weighted by Gasteiger charge is -2.25. The van der Waals surface area contributed by atoms with Crippen LogP contribution in [-0.4, -0.2) is 36.0 Å². The summed E-state index contributed by atoms with van der Waals surface area (Å²) in [6.07, 6.45) is 0.676. The summed E-state index contributed by atoms with van der Waals surface area (Å²) >= 11 is 0. The minimum atomic E-state index is -0.375. The lowest BCUT2D eigenvalue weighted by Crippen LogP contribution is -2.42. The maximum Gasteiger partial charge on any atom is 0.319 e. The average molecular weight is 421 g/mol. The molecule has 1 heterocycles. The van der Waals surface area contributed by atoms with Crippen LogP contribution in [0, 0.1) is 11.7 Å². The lowest BCUT2D eigenvalue weighted by atomic mass is 9.94. The third kappa shape index (κ3) is 5.92. The van der Waals surface area contributed by atoms with E-state index in [0.717, 1.165) is 5.56 Å². The largest absolute Gasteiger partial charge is 0.340 e. The van der Waals surface area contributed by atoms with Gasteiger partial charge in [0, 0.05) is 30.9 Å². The number of likely N-dealkylation sites (tertiary alicyclic amines) is 1. The molecule has 0 bridgehead atoms. The molecular formula is C21H26ClFN4O2. The highest BCUT2D eigenvalue weighted by atomic mass is 35.5. The molecule has 2 aromatic rings. The molecule has 1 aliphatic heterocycles. The van der Waals surface area contributed by atoms with Gasteiger partial charge in [-0.25, -0.2) is 9.18 Å². The van der Waals surface area contributed by atoms with Crippen LogP contribution in [0.4, 0.5) is 14.9 Å². The molecule has 156 valence electrons. The molecule has 0 saturated carbocycles. The van der Waals surface area contributed by atoms with Crippen LogP contribution in [0.2, 0.25) is 0 Å². The number of carbonyl (C=O) groups is 2. The van der Waals surface area contributed by atoms with Crippen LogP contribution in [0.3, 0.4) is 0 Å². The van der Waals surface area contributed by atoms with Crippen molar-refractivity contribution >= 4 is 30.0 Å². The number of hydrogen-bond donors (Lipinski definition) is 3. The van der Waals surface area contributed by atoms with E-state index in [0.29, 0.717) is 25.2 Å². The Hall–Kier alpha value is -2.64. The Morgan fingerprint density at radius 1 is 1.14 bits per heavy atom. The molecule has 8 heteroatoms. The summed E-state index contributed by atoms with van der Waals surface area (Å²) in [7, 11) is 0. The highest BCUT2D eigenvalue weighted by Crippen LogP contribution is 2.23. The highest BCUT2D eigenvalue weighted by molar-refractivity contribution is 5.89. The molecule has 4 N–H and O–H groups in total. The molecule has 0 aliphatic carbocycles. The van der Waals surface area contributed by atoms with Crippen LogP contribution in [0.15, 0.2) is 54.6 Å². The number of amides is 3. The fourth-order valence-corrected chi connectivity index (χ4v) is 3.37. The molecule has 29 heavy (non-hydrogen) atoms. The highest BCUT2D eigenvalue weighted by Gasteiger charge is 2.32. The monoisotopic (exact) mass is 420 g/mol. The van der Waals surface area contributed by atoms with Gasteiger partial charge in [0.15, 0.2) is 0 Å². The van der Waals surface area contributed by atoms with Crippen molar-refractivity contribution in [2.45, 2.75) is 25.4 Å². The van der Waals surface area contributed by atoms with Crippen LogP contribution in [0.25, 0.3) is 0 Å². The molecule has 0 radical (unpaired) electrons. The summed E-state index contributed by atoms with van der Waals surface area (Å²) in [5, 5.41) is 5.52. The number of hydrogen-bond acceptors (Lipinski definition) is 3. The van der Waals surface area contributed by atoms with Gasteiger partial charge in [0.1, 0.15) is 5.82 Å². The van der Waals surface area contributed by atoms with E-state index >= 15 is 0 Å². The van der Waals surface area contributed by atoms with Gasteiger partial charge in [-0.05, 0) is 36.2 Å². The van der Waals surface area contributed by atoms with Crippen molar-refractivity contribution in [3.8, 4) is 0 Å². The molecule has 3 unspecified atom stereocenters. The molecule has 0 aromatic heterocycles. The van der Waals surface area contributed by atoms with E-state index in [1.54, 1.807) is 4.90 Å². The number of urea groups is 1. The molecule has 3 atom stereocenters. The van der Waals surface area contributed by atoms with Gasteiger partial charge >= 0.3 is 6.03 Å². The molecule has 0 spiro atoms. The van der Waals surface area contributed by atoms with Gasteiger partial charge in [0.05, 0.1) is 5.92 Å². The number of halogens is 2. The topological polar surface area (TPSA) is 87.5 Å². The second-order valence-corrected chi connectivity index (χ2v) is 7.10. The van der Waals surface area contributed by atoms with E-state index in [9.17, 15) is 14.0 Å². The predicted octanol–water partition coefficient (Wildman–Crippen LogP) is 3.31. The van der Waals surface area contributed by atoms with Crippen LogP contribution < -0.4 is 16.4 Å². The van der Waals surface area contributed by atoms with Crippen LogP contribution in [0.1, 0.15) is 24.9 Å². The van der Waals surface area contributed by atoms with E-state index in [1.807, 2.05) is 37.3 Å². The Bertz CT molecular complexity index is 819. The Kier molecular flexibility index (Phi) is 7.99. The maximum atomic E-state index is 12.9. The number of carbonyl (C=O) groups excluding carboxylic acids is 2. The van der Waals surface area contributed by atoms with E-state index in [2.05, 4.69) is 10.6 Å². The number of nitrogens with zero attached hydrogens (tertiary/aromatic N) is 1. The van der Waals surface area contributed by atoms with Crippen molar-refractivity contribution in [1.29, 1.82) is 0 Å². The Morgan fingerprint density at radius 2 is 1.79 bits per heavy atom. The molecule has 1 saturated heterocycles. The second kappa shape index (κ2) is 10.2. The van der Waals surface area contributed by atoms with Gasteiger partial charge in [-0.2, -0.15) is 0 Å². The number of nitrogens with two attached hydrogens (primary N) is 1. The minimum Gasteiger partial charge on any atom is -0.340 e. The first-order valence-electron chi connectivity index (χ1n) is 9.36. The Morgan fingerprint density at radius 3 is 2.45 bits per heavy atom. The van der Waals surface area contributed by atoms with Gasteiger partial charge in [0.25, 0.3) is 0 Å². The summed E-state index contributed by atoms with van der Waals surface area (Å²) in [6.45, 7) is 2.86. The molecule has 6 nitrogen and oxygen atoms in total. The third-order valence-electron chi connectivity index (χ3n) is 5.05. The predicted molar refractivity (Wildman–Crippen MR) is 113 cm³/mol. The molecule has 1 aliphatic rings. The number of rotatable bonds is 5. The smallest absolute Gasteiger partial charge is 0.319 e. The second-order valence-electron chi connectivity index (χ2n) is 7.10. The first-order valence-corrected chi connectivity index (χ1v) is 9.36. The van der Waals surface area contributed by atoms with Crippen LogP contribution >= 0.6 is 12.4 Å². The summed E-state index contributed by atoms with van der Waals surface area (Å²) in [4.78, 5) is 26.7. The maximum absolute atomic E-state index is 12.9. The van der Waals surface area contributed by atoms with E-state index in [4.69, 9.17) is 5.73 Å². The Balaban J connectivity index is 0.00000300. The zero-order valence-corrected chi connectivity index (χ0v) is 17.0. The molecular weight excluding hydrogens is 395 g/mol. The first kappa shape index (κ1) is 22.6. The van der Waals surface area contributed by atoms with Gasteiger partial charge in [-0.1, -0.05) is 37.3 Å². The fraction of sp³-hybridized carbons (Fsp3) is 0.333. The SMILES string of the molecule is CC(C(=O)N1CCC(NC(=O)Nc2ccc(F)cc2)C1)C(N)c1ccccc1.Cl. The van der Waals surface area contributed by atoms with Crippen molar-refractivity contribution in [2.24, 2.45) is 11.7 Å². The van der Waals surface area contributed by atoms with Crippen molar-refractivity contribution < 1.29 is 14.0 Å². The van der Waals surface area contributed by atoms with E-state index in [1.165, 1.54) is 24.3 Å². The summed E-state index contributed by atoms with van der Waals surface area (Å²) in [5.41, 5.74) is 7.70. The minimum absolute atomic E-state index is 0. The molecule has 1 fully saturated rings. The quantitative estimate of drug-likeness (QED) is 0.693. The number of benzene rings is 2. The van der Waals surface area contributed by atoms with Crippen molar-refractivity contribution in [2.75, 3.05) is 18.4 Å². The van der Waals surface area contributed by atoms with Gasteiger partial charge < -0.3 is 21.3 Å². The normalized spacial score (nSPS) is 17.8. The zero-order valence-electron chi connectivity index (χ0n) is 16.2. The molecule has 3 rings (SSSR count). The summed E-state index contributed by atoms with van der Waals surface area (Å²) in [6, 6.07) is 14.2. The summed E-state index contributed by atoms with van der Waals surface area (Å²) in [5.74, 6) is -0.729. The average Bonchev–Trinajstić information content (AvgIpc) is 3.17. The fourth-order valence-electron chi connectivity index (χ4n) is 3.37. The van der Waals surface area contributed by atoms with Crippen molar-refractivity contribution in [3.05, 3.63) is 66.0 Å². The van der Waals surface area contributed by atoms with E-state index < -0.39 is 0 Å². The van der Waals surface area contributed by atoms with Crippen molar-refractivity contribution in [3.63, 3.8) is 0 Å². The van der Waals surface area contributed by atoms with Crippen LogP contribution in [-0.2, 0) is 4.79 Å². The zero-order chi connectivity index (χ0) is 20.1. The summed E-state index contributed by atoms with van der Waals surface area (Å²) < 4.78 is 12.9. The van der Waals surface area contributed by atoms with Crippen molar-refractivity contribution in [1.82, 2.24) is 10.2 Å². The van der Waals surface area contributed by atoms with Gasteiger partial charge in [0.2, 0.25) is 5.91 Å². The van der Waals surface area contributed by atoms with E-state index in [-0.39, 0.29) is 48.2 Å². The molecule has 2 aromatic carbocycles. The Labute approximate surface area is 176 Å². The lowest BCUT2D eigenvalue weighted by molar-refractivity contribution is -0.134. The number of nitrogens with one attached hydrogen (secondary N) is 2. The van der Waals surface area contributed by atoms with Gasteiger partial charge in [-0.3, -0.25) is 4.79 Å². The number of anilines is 1. The first-order chi connectivity index (χ1) is 13.4. The third-order valence-corrected chi connectivity index (χ3v) is 5.05. The van der Waals surface area contributed by atoms with Crippen LogP contribution in [0.5, 0.6) is 0 Å². The standard InChI is InChI=1S/C21H25FN4O2.ClH/c1-14(19(23)15-5-3-2-4-6-15)20(27)26-12-11-18(13-26)25-21(28)24-17-9-7-16(22)8-10-17;/h2-10,14,18-19H,11-13,23H2,1H3,(H2,24,25,28);1H. The molecule has 3 amide bonds. The van der Waals surface area contributed by atoms with Gasteiger partial charge in [-0.15, -0.1) is 12.4 Å².